The van der Waals surface area contributed by atoms with Crippen LogP contribution in [-0.2, 0) is 65.0 Å². The standard InChI is InChI=1S/C33H24N2O2S.C31H22N2O2S2.C21H16N2O2S.C20H15N3O2S/c1-2-32-34-28-14-9-15-31-33(28)35(32)29-21-24(16-17-30(29)38(31,36)37)27-19-25(22-10-5-3-6-11-22)18-26(20-27)23-12-7-4-8-13-23;1-2-30-32-24-9-6-10-29-31(24)33(30)25-19-23(15-18-28(25)37(29,34)35)20-11-13-22(14-12-20)27-17-16-26(36-27)21-7-4-3-5-8-21;1-2-20-22-16-9-6-10-19-21(16)23(20)17-13-15(14-7-4-3-5-8-14)11-12-18(17)26(19,24)25;1-2-19-22-15-4-3-5-18-20(15)23(19)16-12-14(13-8-10-21-11-9-13)6-7-17(16)26(18,24)25/h3-21H,2H2,1H3;3-19H,2H2,1H3;3-13H,2H2,1H3;3-12H,2H2,1H3. The molecule has 0 saturated carbocycles. The van der Waals surface area contributed by atoms with E-state index in [2.05, 4.69) is 118 Å². The minimum Gasteiger partial charge on any atom is -0.294 e. The molecule has 0 atom stereocenters. The fraction of sp³-hybridized carbons (Fsp3) is 0.0762. The molecule has 0 unspecified atom stereocenters. The number of hydrogen-bond donors (Lipinski definition) is 0. The first-order chi connectivity index (χ1) is 61.8. The number of sulfone groups is 4. The zero-order valence-electron chi connectivity index (χ0n) is 69.1. The van der Waals surface area contributed by atoms with Crippen LogP contribution in [0, 0.1) is 0 Å². The number of rotatable bonds is 12. The van der Waals surface area contributed by atoms with Crippen LogP contribution >= 0.6 is 11.3 Å². The van der Waals surface area contributed by atoms with Crippen molar-refractivity contribution in [2.75, 3.05) is 0 Å². The van der Waals surface area contributed by atoms with E-state index in [1.54, 1.807) is 96.5 Å². The molecule has 0 spiro atoms. The third-order valence-electron chi connectivity index (χ3n) is 24.0. The molecule has 0 bridgehead atoms. The first kappa shape index (κ1) is 79.8. The summed E-state index contributed by atoms with van der Waals surface area (Å²) < 4.78 is 115. The number of benzene rings is 14. The Labute approximate surface area is 738 Å². The first-order valence-electron chi connectivity index (χ1n) is 41.9. The number of nitrogens with zero attached hydrogens (tertiary/aromatic N) is 9. The van der Waals surface area contributed by atoms with Crippen molar-refractivity contribution in [1.82, 2.24) is 43.2 Å². The van der Waals surface area contributed by atoms with Gasteiger partial charge in [-0.25, -0.2) is 53.6 Å². The van der Waals surface area contributed by atoms with Crippen molar-refractivity contribution in [1.29, 1.82) is 0 Å². The fourth-order valence-corrected chi connectivity index (χ4v) is 25.4. The number of aryl methyl sites for hydroxylation is 4. The van der Waals surface area contributed by atoms with Gasteiger partial charge in [0.15, 0.2) is 0 Å². The van der Waals surface area contributed by atoms with Gasteiger partial charge in [-0.05, 0) is 217 Å². The van der Waals surface area contributed by atoms with Gasteiger partial charge in [-0.3, -0.25) is 23.3 Å². The van der Waals surface area contributed by atoms with Crippen LogP contribution in [0.1, 0.15) is 51.0 Å². The van der Waals surface area contributed by atoms with Crippen LogP contribution in [0.4, 0.5) is 0 Å². The smallest absolute Gasteiger partial charge is 0.210 e. The van der Waals surface area contributed by atoms with Crippen LogP contribution in [0.25, 0.3) is 155 Å². The predicted molar refractivity (Wildman–Crippen MR) is 503 cm³/mol. The van der Waals surface area contributed by atoms with Crippen LogP contribution in [0.3, 0.4) is 0 Å². The normalized spacial score (nSPS) is 13.8. The summed E-state index contributed by atoms with van der Waals surface area (Å²) in [4.78, 5) is 28.0. The molecule has 0 amide bonds. The van der Waals surface area contributed by atoms with Gasteiger partial charge in [0.05, 0.1) is 106 Å². The van der Waals surface area contributed by atoms with Crippen molar-refractivity contribution >= 4 is 94.8 Å². The molecule has 0 aliphatic carbocycles. The quantitative estimate of drug-likeness (QED) is 0.111. The molecular weight excluding hydrogens is 1680 g/mol. The lowest BCUT2D eigenvalue weighted by molar-refractivity contribution is 0.592. The van der Waals surface area contributed by atoms with Crippen molar-refractivity contribution in [3.05, 3.63) is 369 Å². The molecule has 0 fully saturated rings. The average molecular weight is 1750 g/mol. The lowest BCUT2D eigenvalue weighted by atomic mass is 9.93. The third-order valence-corrected chi connectivity index (χ3v) is 32.5. The minimum atomic E-state index is -3.66. The van der Waals surface area contributed by atoms with E-state index in [1.807, 2.05) is 204 Å². The van der Waals surface area contributed by atoms with Crippen LogP contribution in [0.15, 0.2) is 385 Å². The van der Waals surface area contributed by atoms with Gasteiger partial charge in [-0.1, -0.05) is 222 Å². The highest BCUT2D eigenvalue weighted by atomic mass is 32.2. The Morgan fingerprint density at radius 3 is 0.756 bits per heavy atom. The number of hydrogen-bond acceptors (Lipinski definition) is 14. The molecule has 17 nitrogen and oxygen atoms in total. The molecule has 24 rings (SSSR count). The number of pyridine rings is 1. The summed E-state index contributed by atoms with van der Waals surface area (Å²) in [6, 6.07) is 108. The van der Waals surface area contributed by atoms with Gasteiger partial charge in [-0.15, -0.1) is 11.3 Å². The Bertz CT molecular complexity index is 8100. The van der Waals surface area contributed by atoms with E-state index in [9.17, 15) is 33.7 Å². The van der Waals surface area contributed by atoms with Crippen molar-refractivity contribution in [3.8, 4) is 110 Å². The predicted octanol–water partition coefficient (Wildman–Crippen LogP) is 23.7. The Hall–Kier alpha value is -14.4. The zero-order valence-corrected chi connectivity index (χ0v) is 73.2. The molecule has 6 aromatic heterocycles. The largest absolute Gasteiger partial charge is 0.294 e. The average Bonchev–Trinajstić information content (AvgIpc) is 1.64. The summed E-state index contributed by atoms with van der Waals surface area (Å²) in [5, 5.41) is 0. The number of fused-ring (bicyclic) bond motifs is 8. The van der Waals surface area contributed by atoms with Crippen LogP contribution in [0.2, 0.25) is 0 Å². The summed E-state index contributed by atoms with van der Waals surface area (Å²) in [6.45, 7) is 8.16. The molecule has 10 heterocycles. The SMILES string of the molecule is CCc1nc2cccc3c2n1-c1cc(-c2cc(-c4ccccc4)cc(-c4ccccc4)c2)ccc1S3(=O)=O.CCc1nc2cccc3c2n1-c1cc(-c2ccc(-c4ccc(-c5ccccc5)s4)cc2)ccc1S3(=O)=O.CCc1nc2cccc3c2n1-c1cc(-c2ccccc2)ccc1S3(=O)=O.CCc1nc2cccc3c2n1-c1cc(-c2ccncc2)ccc1S3(=O)=O. The summed E-state index contributed by atoms with van der Waals surface area (Å²) in [6.07, 6.45) is 6.30. The highest BCUT2D eigenvalue weighted by Gasteiger charge is 2.38. The second kappa shape index (κ2) is 31.4. The maximum Gasteiger partial charge on any atom is 0.210 e. The molecule has 0 N–H and O–H groups in total. The van der Waals surface area contributed by atoms with E-state index < -0.39 is 39.3 Å². The van der Waals surface area contributed by atoms with Gasteiger partial charge in [0.2, 0.25) is 39.3 Å². The van der Waals surface area contributed by atoms with Gasteiger partial charge in [0, 0.05) is 47.8 Å². The van der Waals surface area contributed by atoms with Gasteiger partial charge in [-0.2, -0.15) is 0 Å². The maximum atomic E-state index is 13.7. The number of para-hydroxylation sites is 4. The molecule has 4 aliphatic rings. The molecule has 127 heavy (non-hydrogen) atoms. The van der Waals surface area contributed by atoms with Gasteiger partial charge in [0.1, 0.15) is 23.3 Å². The monoisotopic (exact) mass is 1750 g/mol. The Kier molecular flexibility index (Phi) is 19.7. The Balaban J connectivity index is 0.000000105. The van der Waals surface area contributed by atoms with Crippen molar-refractivity contribution in [2.45, 2.75) is 92.5 Å². The second-order valence-electron chi connectivity index (χ2n) is 31.3. The van der Waals surface area contributed by atoms with E-state index in [4.69, 9.17) is 9.97 Å². The Morgan fingerprint density at radius 1 is 0.220 bits per heavy atom. The van der Waals surface area contributed by atoms with Gasteiger partial charge >= 0.3 is 0 Å². The van der Waals surface area contributed by atoms with Crippen molar-refractivity contribution < 1.29 is 33.7 Å². The fourth-order valence-electron chi connectivity index (χ4n) is 17.9. The maximum absolute atomic E-state index is 13.7. The molecule has 14 aromatic carbocycles. The van der Waals surface area contributed by atoms with Crippen LogP contribution < -0.4 is 0 Å². The number of imidazole rings is 4. The molecule has 620 valence electrons. The highest BCUT2D eigenvalue weighted by Crippen LogP contribution is 2.48. The Morgan fingerprint density at radius 2 is 0.457 bits per heavy atom. The summed E-state index contributed by atoms with van der Waals surface area (Å²) in [5.41, 5.74) is 23.1. The van der Waals surface area contributed by atoms with Crippen LogP contribution in [0.5, 0.6) is 0 Å². The molecule has 0 radical (unpaired) electrons. The van der Waals surface area contributed by atoms with Crippen LogP contribution in [-0.4, -0.2) is 76.9 Å². The molecule has 20 aromatic rings. The van der Waals surface area contributed by atoms with Gasteiger partial charge in [0.25, 0.3) is 0 Å². The number of aromatic nitrogens is 9. The zero-order chi connectivity index (χ0) is 86.8. The minimum absolute atomic E-state index is 0.316. The van der Waals surface area contributed by atoms with E-state index in [1.165, 1.54) is 15.3 Å². The summed E-state index contributed by atoms with van der Waals surface area (Å²) >= 11 is 1.78. The molecule has 4 aliphatic heterocycles. The molecular formula is C105H77N9O8S5. The first-order valence-corrected chi connectivity index (χ1v) is 48.6. The van der Waals surface area contributed by atoms with E-state index in [0.717, 1.165) is 108 Å². The van der Waals surface area contributed by atoms with E-state index >= 15 is 0 Å². The summed E-state index contributed by atoms with van der Waals surface area (Å²) in [5.74, 6) is 3.44. The van der Waals surface area contributed by atoms with Crippen molar-refractivity contribution in [2.24, 2.45) is 0 Å². The lowest BCUT2D eigenvalue weighted by Crippen LogP contribution is -2.16. The molecule has 22 heteroatoms. The topological polar surface area (TPSA) is 221 Å². The lowest BCUT2D eigenvalue weighted by Gasteiger charge is -2.22. The highest BCUT2D eigenvalue weighted by molar-refractivity contribution is 7.93. The summed E-state index contributed by atoms with van der Waals surface area (Å²) in [7, 11) is -14.4. The van der Waals surface area contributed by atoms with Crippen molar-refractivity contribution in [3.63, 3.8) is 0 Å². The van der Waals surface area contributed by atoms with E-state index in [0.29, 0.717) is 120 Å². The van der Waals surface area contributed by atoms with E-state index in [-0.39, 0.29) is 0 Å². The third kappa shape index (κ3) is 13.4. The van der Waals surface area contributed by atoms with Gasteiger partial charge < -0.3 is 0 Å². The molecule has 0 saturated heterocycles. The number of thiophene rings is 1. The second-order valence-corrected chi connectivity index (χ2v) is 40.0.